The zero-order chi connectivity index (χ0) is 17.5. The minimum Gasteiger partial charge on any atom is -0.465 e. The molecule has 0 aliphatic heterocycles. The lowest BCUT2D eigenvalue weighted by atomic mass is 10.0. The molecule has 0 saturated carbocycles. The number of ether oxygens (including phenoxy) is 2. The van der Waals surface area contributed by atoms with Crippen LogP contribution in [0, 0.1) is 0 Å². The highest BCUT2D eigenvalue weighted by atomic mass is 35.5. The van der Waals surface area contributed by atoms with Gasteiger partial charge in [-0.2, -0.15) is 0 Å². The summed E-state index contributed by atoms with van der Waals surface area (Å²) >= 11 is 30.8. The van der Waals surface area contributed by atoms with Crippen LogP contribution in [0.1, 0.15) is 20.7 Å². The van der Waals surface area contributed by atoms with Gasteiger partial charge in [0.2, 0.25) is 0 Å². The Hall–Kier alpha value is -0.910. The summed E-state index contributed by atoms with van der Waals surface area (Å²) in [7, 11) is 2.36. The average molecular weight is 416 g/mol. The van der Waals surface area contributed by atoms with Crippen LogP contribution in [0.3, 0.4) is 0 Å². The van der Waals surface area contributed by atoms with Gasteiger partial charge in [-0.15, -0.1) is 0 Å². The highest BCUT2D eigenvalue weighted by Gasteiger charge is 2.27. The number of carbonyl (C=O) groups is 2. The van der Waals surface area contributed by atoms with Gasteiger partial charge in [0.15, 0.2) is 0 Å². The maximum atomic E-state index is 11.9. The van der Waals surface area contributed by atoms with E-state index in [4.69, 9.17) is 58.0 Å². The second-order valence-corrected chi connectivity index (χ2v) is 6.16. The fourth-order valence-corrected chi connectivity index (χ4v) is 3.51. The molecule has 9 heteroatoms. The number of halogens is 5. The molecule has 2 rings (SSSR count). The lowest BCUT2D eigenvalue weighted by Crippen LogP contribution is -2.06. The number of methoxy groups -OCH3 is 2. The zero-order valence-corrected chi connectivity index (χ0v) is 15.4. The molecule has 2 aromatic rings. The van der Waals surface area contributed by atoms with Crippen molar-refractivity contribution < 1.29 is 19.1 Å². The molecule has 0 atom stereocenters. The minimum atomic E-state index is -0.784. The molecule has 0 aliphatic rings. The summed E-state index contributed by atoms with van der Waals surface area (Å²) in [5, 5.41) is 0.0790. The highest BCUT2D eigenvalue weighted by Crippen LogP contribution is 2.46. The molecular weight excluding hydrogens is 409 g/mol. The van der Waals surface area contributed by atoms with E-state index in [1.165, 1.54) is 20.3 Å². The van der Waals surface area contributed by atoms with Gasteiger partial charge in [-0.25, -0.2) is 9.59 Å². The summed E-state index contributed by atoms with van der Waals surface area (Å²) in [6.45, 7) is 0. The Balaban J connectivity index is 3.01. The van der Waals surface area contributed by atoms with Crippen molar-refractivity contribution in [1.29, 1.82) is 0 Å². The fourth-order valence-electron chi connectivity index (χ4n) is 2.00. The lowest BCUT2D eigenvalue weighted by molar-refractivity contribution is 0.0592. The molecule has 4 nitrogen and oxygen atoms in total. The van der Waals surface area contributed by atoms with E-state index in [1.54, 1.807) is 0 Å². The Morgan fingerprint density at radius 3 is 1.87 bits per heavy atom. The summed E-state index contributed by atoms with van der Waals surface area (Å²) in [6.07, 6.45) is 0. The fraction of sp³-hybridized carbons (Fsp3) is 0.143. The van der Waals surface area contributed by atoms with Crippen molar-refractivity contribution in [3.05, 3.63) is 42.3 Å². The van der Waals surface area contributed by atoms with Crippen molar-refractivity contribution in [3.63, 3.8) is 0 Å². The van der Waals surface area contributed by atoms with E-state index in [0.717, 1.165) is 0 Å². The van der Waals surface area contributed by atoms with E-state index in [-0.39, 0.29) is 47.0 Å². The summed E-state index contributed by atoms with van der Waals surface area (Å²) < 4.78 is 9.27. The minimum absolute atomic E-state index is 0.00785. The van der Waals surface area contributed by atoms with Gasteiger partial charge in [0, 0.05) is 10.8 Å². The van der Waals surface area contributed by atoms with Crippen LogP contribution >= 0.6 is 58.0 Å². The predicted molar refractivity (Wildman–Crippen MR) is 91.7 cm³/mol. The lowest BCUT2D eigenvalue weighted by Gasteiger charge is -2.15. The van der Waals surface area contributed by atoms with Gasteiger partial charge in [0.1, 0.15) is 0 Å². The van der Waals surface area contributed by atoms with Gasteiger partial charge >= 0.3 is 11.9 Å². The van der Waals surface area contributed by atoms with E-state index >= 15 is 0 Å². The van der Waals surface area contributed by atoms with Crippen LogP contribution in [-0.4, -0.2) is 26.2 Å². The first kappa shape index (κ1) is 18.4. The van der Waals surface area contributed by atoms with E-state index in [9.17, 15) is 9.59 Å². The molecule has 0 radical (unpaired) electrons. The first-order chi connectivity index (χ1) is 10.8. The van der Waals surface area contributed by atoms with Gasteiger partial charge in [-0.05, 0) is 6.07 Å². The summed E-state index contributed by atoms with van der Waals surface area (Å²) in [6, 6.07) is 1.34. The van der Waals surface area contributed by atoms with E-state index in [1.807, 2.05) is 0 Å². The summed E-state index contributed by atoms with van der Waals surface area (Å²) in [4.78, 5) is 23.7. The van der Waals surface area contributed by atoms with Gasteiger partial charge in [0.25, 0.3) is 0 Å². The quantitative estimate of drug-likeness (QED) is 0.467. The van der Waals surface area contributed by atoms with Crippen LogP contribution in [0.5, 0.6) is 0 Å². The van der Waals surface area contributed by atoms with E-state index in [2.05, 4.69) is 9.47 Å². The van der Waals surface area contributed by atoms with Crippen LogP contribution < -0.4 is 0 Å². The van der Waals surface area contributed by atoms with Crippen molar-refractivity contribution in [2.45, 2.75) is 0 Å². The van der Waals surface area contributed by atoms with Gasteiger partial charge in [-0.1, -0.05) is 58.0 Å². The van der Waals surface area contributed by atoms with Crippen molar-refractivity contribution >= 4 is 80.7 Å². The van der Waals surface area contributed by atoms with Crippen molar-refractivity contribution in [1.82, 2.24) is 0 Å². The van der Waals surface area contributed by atoms with Crippen LogP contribution in [0.4, 0.5) is 0 Å². The third-order valence-corrected chi connectivity index (χ3v) is 5.20. The van der Waals surface area contributed by atoms with Crippen LogP contribution in [-0.2, 0) is 9.47 Å². The highest BCUT2D eigenvalue weighted by molar-refractivity contribution is 6.54. The zero-order valence-electron chi connectivity index (χ0n) is 11.6. The molecule has 0 N–H and O–H groups in total. The van der Waals surface area contributed by atoms with Crippen molar-refractivity contribution in [2.24, 2.45) is 0 Å². The smallest absolute Gasteiger partial charge is 0.340 e. The Kier molecular flexibility index (Phi) is 5.54. The first-order valence-corrected chi connectivity index (χ1v) is 7.80. The summed E-state index contributed by atoms with van der Waals surface area (Å²) in [5.41, 5.74) is -0.149. The second kappa shape index (κ2) is 6.91. The standard InChI is InChI=1S/C14H7Cl5O4/c1-22-13(20)5-3-4-6(11(18)9(5)16)10(17)7(14(21)23-2)12(19)8(4)15/h3H,1-2H3. The largest absolute Gasteiger partial charge is 0.465 e. The number of carbonyl (C=O) groups excluding carboxylic acids is 2. The maximum Gasteiger partial charge on any atom is 0.340 e. The average Bonchev–Trinajstić information content (AvgIpc) is 2.54. The normalized spacial score (nSPS) is 10.7. The Labute approximate surface area is 156 Å². The second-order valence-electron chi connectivity index (χ2n) is 4.27. The third kappa shape index (κ3) is 2.94. The number of esters is 2. The molecule has 0 spiro atoms. The molecular formula is C14H7Cl5O4. The monoisotopic (exact) mass is 414 g/mol. The molecule has 0 amide bonds. The Morgan fingerprint density at radius 1 is 0.783 bits per heavy atom. The van der Waals surface area contributed by atoms with Crippen LogP contribution in [0.15, 0.2) is 6.07 Å². The number of fused-ring (bicyclic) bond motifs is 1. The molecule has 2 aromatic carbocycles. The molecule has 122 valence electrons. The molecule has 0 fully saturated rings. The molecule has 0 saturated heterocycles. The molecule has 0 aromatic heterocycles. The molecule has 0 aliphatic carbocycles. The van der Waals surface area contributed by atoms with E-state index < -0.39 is 11.9 Å². The number of rotatable bonds is 2. The van der Waals surface area contributed by atoms with Crippen LogP contribution in [0.25, 0.3) is 10.8 Å². The molecule has 0 bridgehead atoms. The number of benzene rings is 2. The van der Waals surface area contributed by atoms with E-state index in [0.29, 0.717) is 0 Å². The van der Waals surface area contributed by atoms with Gasteiger partial charge in [-0.3, -0.25) is 0 Å². The number of hydrogen-bond donors (Lipinski definition) is 0. The number of hydrogen-bond acceptors (Lipinski definition) is 4. The maximum absolute atomic E-state index is 11.9. The molecule has 0 heterocycles. The first-order valence-electron chi connectivity index (χ1n) is 5.91. The predicted octanol–water partition coefficient (Wildman–Crippen LogP) is 5.68. The SMILES string of the molecule is COC(=O)c1cc2c(Cl)c(Cl)c(C(=O)OC)c(Cl)c2c(Cl)c1Cl. The molecule has 23 heavy (non-hydrogen) atoms. The summed E-state index contributed by atoms with van der Waals surface area (Å²) in [5.74, 6) is -1.49. The van der Waals surface area contributed by atoms with Gasteiger partial charge in [0.05, 0.1) is 50.5 Å². The van der Waals surface area contributed by atoms with Gasteiger partial charge < -0.3 is 9.47 Å². The van der Waals surface area contributed by atoms with Crippen LogP contribution in [0.2, 0.25) is 25.1 Å². The molecule has 0 unspecified atom stereocenters. The third-order valence-electron chi connectivity index (χ3n) is 3.09. The van der Waals surface area contributed by atoms with Crippen molar-refractivity contribution in [2.75, 3.05) is 14.2 Å². The topological polar surface area (TPSA) is 52.6 Å². The Morgan fingerprint density at radius 2 is 1.35 bits per heavy atom. The van der Waals surface area contributed by atoms with Crippen molar-refractivity contribution in [3.8, 4) is 0 Å². The Bertz CT molecular complexity index is 847.